The lowest BCUT2D eigenvalue weighted by molar-refractivity contribution is 0.519. The second-order valence-corrected chi connectivity index (χ2v) is 5.86. The van der Waals surface area contributed by atoms with Crippen LogP contribution < -0.4 is 5.32 Å². The molecule has 108 valence electrons. The molecule has 1 heterocycles. The number of nitrogens with one attached hydrogen (secondary N) is 1. The topological polar surface area (TPSA) is 29.9 Å². The van der Waals surface area contributed by atoms with Gasteiger partial charge in [-0.25, -0.2) is 0 Å². The van der Waals surface area contributed by atoms with Crippen molar-refractivity contribution in [3.63, 3.8) is 0 Å². The molecule has 0 saturated carbocycles. The SMILES string of the molecule is CCCn1ncc(Br)c1C(NCC)c1cccc(C)c1. The highest BCUT2D eigenvalue weighted by Crippen LogP contribution is 2.29. The zero-order valence-electron chi connectivity index (χ0n) is 12.4. The van der Waals surface area contributed by atoms with Gasteiger partial charge < -0.3 is 5.32 Å². The van der Waals surface area contributed by atoms with E-state index in [1.54, 1.807) is 0 Å². The maximum Gasteiger partial charge on any atom is 0.0759 e. The molecule has 2 rings (SSSR count). The smallest absolute Gasteiger partial charge is 0.0759 e. The predicted octanol–water partition coefficient (Wildman–Crippen LogP) is 4.06. The fraction of sp³-hybridized carbons (Fsp3) is 0.438. The third kappa shape index (κ3) is 3.30. The Bertz CT molecular complexity index is 563. The van der Waals surface area contributed by atoms with Crippen molar-refractivity contribution in [3.05, 3.63) is 51.8 Å². The summed E-state index contributed by atoms with van der Waals surface area (Å²) in [4.78, 5) is 0. The molecular formula is C16H22BrN3. The molecule has 1 aromatic carbocycles. The molecular weight excluding hydrogens is 314 g/mol. The highest BCUT2D eigenvalue weighted by atomic mass is 79.9. The summed E-state index contributed by atoms with van der Waals surface area (Å²) >= 11 is 3.65. The summed E-state index contributed by atoms with van der Waals surface area (Å²) in [5.74, 6) is 0. The number of halogens is 1. The number of rotatable bonds is 6. The monoisotopic (exact) mass is 335 g/mol. The van der Waals surface area contributed by atoms with Crippen LogP contribution in [0.5, 0.6) is 0 Å². The minimum Gasteiger partial charge on any atom is -0.305 e. The van der Waals surface area contributed by atoms with Gasteiger partial charge in [-0.15, -0.1) is 0 Å². The van der Waals surface area contributed by atoms with E-state index < -0.39 is 0 Å². The van der Waals surface area contributed by atoms with Gasteiger partial charge in [-0.05, 0) is 41.4 Å². The lowest BCUT2D eigenvalue weighted by Crippen LogP contribution is -2.25. The van der Waals surface area contributed by atoms with E-state index in [0.717, 1.165) is 24.0 Å². The van der Waals surface area contributed by atoms with Crippen molar-refractivity contribution in [2.45, 2.75) is 39.8 Å². The first-order valence-electron chi connectivity index (χ1n) is 7.18. The Morgan fingerprint density at radius 1 is 1.35 bits per heavy atom. The number of nitrogens with zero attached hydrogens (tertiary/aromatic N) is 2. The van der Waals surface area contributed by atoms with Gasteiger partial charge in [-0.2, -0.15) is 5.10 Å². The van der Waals surface area contributed by atoms with Crippen LogP contribution in [-0.2, 0) is 6.54 Å². The van der Waals surface area contributed by atoms with Gasteiger partial charge in [0, 0.05) is 6.54 Å². The normalized spacial score (nSPS) is 12.6. The molecule has 0 spiro atoms. The molecule has 0 saturated heterocycles. The molecule has 1 aromatic heterocycles. The second-order valence-electron chi connectivity index (χ2n) is 5.01. The number of hydrogen-bond donors (Lipinski definition) is 1. The molecule has 0 amide bonds. The second kappa shape index (κ2) is 7.04. The summed E-state index contributed by atoms with van der Waals surface area (Å²) < 4.78 is 3.16. The van der Waals surface area contributed by atoms with Crippen LogP contribution in [-0.4, -0.2) is 16.3 Å². The zero-order valence-corrected chi connectivity index (χ0v) is 13.9. The predicted molar refractivity (Wildman–Crippen MR) is 86.9 cm³/mol. The summed E-state index contributed by atoms with van der Waals surface area (Å²) in [6.07, 6.45) is 2.97. The highest BCUT2D eigenvalue weighted by molar-refractivity contribution is 9.10. The summed E-state index contributed by atoms with van der Waals surface area (Å²) in [6, 6.07) is 8.83. The Balaban J connectivity index is 2.45. The van der Waals surface area contributed by atoms with E-state index in [4.69, 9.17) is 0 Å². The maximum absolute atomic E-state index is 4.49. The third-order valence-electron chi connectivity index (χ3n) is 3.33. The quantitative estimate of drug-likeness (QED) is 0.862. The van der Waals surface area contributed by atoms with Gasteiger partial charge in [0.05, 0.1) is 22.4 Å². The van der Waals surface area contributed by atoms with Gasteiger partial charge in [-0.1, -0.05) is 43.7 Å². The Kier molecular flexibility index (Phi) is 5.38. The Morgan fingerprint density at radius 2 is 2.15 bits per heavy atom. The fourth-order valence-electron chi connectivity index (χ4n) is 2.48. The molecule has 0 radical (unpaired) electrons. The first-order chi connectivity index (χ1) is 9.67. The molecule has 0 aliphatic carbocycles. The van der Waals surface area contributed by atoms with E-state index in [2.05, 4.69) is 76.1 Å². The first kappa shape index (κ1) is 15.3. The van der Waals surface area contributed by atoms with Gasteiger partial charge in [0.15, 0.2) is 0 Å². The van der Waals surface area contributed by atoms with Crippen LogP contribution in [0.15, 0.2) is 34.9 Å². The average molecular weight is 336 g/mol. The van der Waals surface area contributed by atoms with Crippen molar-refractivity contribution in [2.75, 3.05) is 6.54 Å². The van der Waals surface area contributed by atoms with Crippen molar-refractivity contribution in [3.8, 4) is 0 Å². The van der Waals surface area contributed by atoms with E-state index >= 15 is 0 Å². The van der Waals surface area contributed by atoms with Crippen LogP contribution in [0.3, 0.4) is 0 Å². The lowest BCUT2D eigenvalue weighted by atomic mass is 10.0. The largest absolute Gasteiger partial charge is 0.305 e. The van der Waals surface area contributed by atoms with Crippen molar-refractivity contribution in [1.82, 2.24) is 15.1 Å². The van der Waals surface area contributed by atoms with E-state index in [-0.39, 0.29) is 6.04 Å². The van der Waals surface area contributed by atoms with Gasteiger partial charge in [0.25, 0.3) is 0 Å². The van der Waals surface area contributed by atoms with Crippen LogP contribution >= 0.6 is 15.9 Å². The number of aryl methyl sites for hydroxylation is 2. The maximum atomic E-state index is 4.49. The third-order valence-corrected chi connectivity index (χ3v) is 3.94. The van der Waals surface area contributed by atoms with Gasteiger partial charge in [-0.3, -0.25) is 4.68 Å². The number of aromatic nitrogens is 2. The summed E-state index contributed by atoms with van der Waals surface area (Å²) in [5.41, 5.74) is 3.77. The molecule has 1 atom stereocenters. The van der Waals surface area contributed by atoms with Crippen LogP contribution in [0.25, 0.3) is 0 Å². The van der Waals surface area contributed by atoms with Gasteiger partial charge >= 0.3 is 0 Å². The van der Waals surface area contributed by atoms with E-state index in [9.17, 15) is 0 Å². The summed E-state index contributed by atoms with van der Waals surface area (Å²) in [7, 11) is 0. The summed E-state index contributed by atoms with van der Waals surface area (Å²) in [5, 5.41) is 8.06. The van der Waals surface area contributed by atoms with Crippen molar-refractivity contribution < 1.29 is 0 Å². The van der Waals surface area contributed by atoms with Crippen molar-refractivity contribution >= 4 is 15.9 Å². The van der Waals surface area contributed by atoms with Crippen molar-refractivity contribution in [2.24, 2.45) is 0 Å². The molecule has 20 heavy (non-hydrogen) atoms. The Labute approximate surface area is 129 Å². The molecule has 0 fully saturated rings. The van der Waals surface area contributed by atoms with Crippen molar-refractivity contribution in [1.29, 1.82) is 0 Å². The number of hydrogen-bond acceptors (Lipinski definition) is 2. The van der Waals surface area contributed by atoms with Crippen LogP contribution in [0.1, 0.15) is 43.1 Å². The molecule has 3 nitrogen and oxygen atoms in total. The highest BCUT2D eigenvalue weighted by Gasteiger charge is 2.21. The molecule has 1 N–H and O–H groups in total. The van der Waals surface area contributed by atoms with E-state index in [1.807, 2.05) is 6.20 Å². The molecule has 4 heteroatoms. The van der Waals surface area contributed by atoms with Crippen LogP contribution in [0, 0.1) is 6.92 Å². The van der Waals surface area contributed by atoms with Gasteiger partial charge in [0.2, 0.25) is 0 Å². The summed E-state index contributed by atoms with van der Waals surface area (Å²) in [6.45, 7) is 8.30. The Morgan fingerprint density at radius 3 is 2.80 bits per heavy atom. The standard InChI is InChI=1S/C16H22BrN3/c1-4-9-20-16(14(17)11-19-20)15(18-5-2)13-8-6-7-12(3)10-13/h6-8,10-11,15,18H,4-5,9H2,1-3H3. The van der Waals surface area contributed by atoms with Gasteiger partial charge in [0.1, 0.15) is 0 Å². The van der Waals surface area contributed by atoms with E-state index in [1.165, 1.54) is 16.8 Å². The minimum atomic E-state index is 0.170. The number of benzene rings is 1. The van der Waals surface area contributed by atoms with E-state index in [0.29, 0.717) is 0 Å². The van der Waals surface area contributed by atoms with Crippen LogP contribution in [0.4, 0.5) is 0 Å². The molecule has 1 unspecified atom stereocenters. The fourth-order valence-corrected chi connectivity index (χ4v) is 3.00. The zero-order chi connectivity index (χ0) is 14.5. The molecule has 0 aliphatic heterocycles. The molecule has 0 aliphatic rings. The minimum absolute atomic E-state index is 0.170. The molecule has 2 aromatic rings. The molecule has 0 bridgehead atoms. The van der Waals surface area contributed by atoms with Crippen LogP contribution in [0.2, 0.25) is 0 Å². The lowest BCUT2D eigenvalue weighted by Gasteiger charge is -2.21. The average Bonchev–Trinajstić information content (AvgIpc) is 2.78. The first-order valence-corrected chi connectivity index (χ1v) is 7.97. The Hall–Kier alpha value is -1.13.